The van der Waals surface area contributed by atoms with Gasteiger partial charge >= 0.3 is 0 Å². The Hall–Kier alpha value is -1.83. The van der Waals surface area contributed by atoms with Gasteiger partial charge in [-0.15, -0.1) is 0 Å². The van der Waals surface area contributed by atoms with E-state index in [0.717, 1.165) is 29.7 Å². The van der Waals surface area contributed by atoms with Gasteiger partial charge in [-0.2, -0.15) is 0 Å². The molecule has 0 unspecified atom stereocenters. The van der Waals surface area contributed by atoms with E-state index < -0.39 is 0 Å². The summed E-state index contributed by atoms with van der Waals surface area (Å²) in [5.41, 5.74) is 2.94. The standard InChI is InChI=1S/C17H21NO/c1-12(2)15-10-11-16(13(3)4)18(17(15)19)14-8-6-5-7-9-14/h5-9,15-16H,1,3,10-11H2,2,4H3/t15-,16+/m1/s1. The van der Waals surface area contributed by atoms with Crippen LogP contribution in [0.2, 0.25) is 0 Å². The second-order valence-electron chi connectivity index (χ2n) is 5.38. The highest BCUT2D eigenvalue weighted by molar-refractivity contribution is 5.98. The third kappa shape index (κ3) is 2.62. The van der Waals surface area contributed by atoms with Gasteiger partial charge in [0.15, 0.2) is 0 Å². The van der Waals surface area contributed by atoms with Crippen LogP contribution < -0.4 is 4.90 Å². The Kier molecular flexibility index (Phi) is 3.89. The summed E-state index contributed by atoms with van der Waals surface area (Å²) >= 11 is 0. The van der Waals surface area contributed by atoms with Crippen molar-refractivity contribution in [2.24, 2.45) is 5.92 Å². The fourth-order valence-electron chi connectivity index (χ4n) is 2.72. The molecular formula is C17H21NO. The number of carbonyl (C=O) groups is 1. The van der Waals surface area contributed by atoms with E-state index in [9.17, 15) is 4.79 Å². The summed E-state index contributed by atoms with van der Waals surface area (Å²) in [6, 6.07) is 9.95. The molecule has 0 radical (unpaired) electrons. The minimum Gasteiger partial charge on any atom is -0.305 e. The van der Waals surface area contributed by atoms with Gasteiger partial charge in [0, 0.05) is 5.69 Å². The highest BCUT2D eigenvalue weighted by Gasteiger charge is 2.36. The number of anilines is 1. The zero-order valence-corrected chi connectivity index (χ0v) is 11.7. The molecule has 2 rings (SSSR count). The van der Waals surface area contributed by atoms with Crippen molar-refractivity contribution >= 4 is 11.6 Å². The average Bonchev–Trinajstić information content (AvgIpc) is 2.38. The smallest absolute Gasteiger partial charge is 0.234 e. The van der Waals surface area contributed by atoms with Crippen molar-refractivity contribution in [3.8, 4) is 0 Å². The lowest BCUT2D eigenvalue weighted by Crippen LogP contribution is -2.48. The molecule has 0 aliphatic carbocycles. The summed E-state index contributed by atoms with van der Waals surface area (Å²) < 4.78 is 0. The zero-order chi connectivity index (χ0) is 14.0. The summed E-state index contributed by atoms with van der Waals surface area (Å²) in [5.74, 6) is 0.0914. The maximum absolute atomic E-state index is 12.7. The monoisotopic (exact) mass is 255 g/mol. The van der Waals surface area contributed by atoms with Crippen molar-refractivity contribution in [1.29, 1.82) is 0 Å². The van der Waals surface area contributed by atoms with Gasteiger partial charge in [0.1, 0.15) is 0 Å². The van der Waals surface area contributed by atoms with Gasteiger partial charge in [-0.25, -0.2) is 0 Å². The number of nitrogens with zero attached hydrogens (tertiary/aromatic N) is 1. The summed E-state index contributed by atoms with van der Waals surface area (Å²) in [6.45, 7) is 11.9. The molecule has 2 heteroatoms. The second kappa shape index (κ2) is 5.43. The number of para-hydroxylation sites is 1. The molecule has 1 saturated heterocycles. The van der Waals surface area contributed by atoms with Gasteiger partial charge in [-0.05, 0) is 38.8 Å². The van der Waals surface area contributed by atoms with E-state index in [4.69, 9.17) is 0 Å². The number of benzene rings is 1. The molecule has 2 nitrogen and oxygen atoms in total. The van der Waals surface area contributed by atoms with Crippen LogP contribution in [0.5, 0.6) is 0 Å². The fourth-order valence-corrected chi connectivity index (χ4v) is 2.72. The SMILES string of the molecule is C=C(C)[C@H]1CC[C@@H](C(=C)C)N(c2ccccc2)C1=O. The first-order valence-corrected chi connectivity index (χ1v) is 6.71. The molecule has 19 heavy (non-hydrogen) atoms. The van der Waals surface area contributed by atoms with E-state index in [1.54, 1.807) is 0 Å². The van der Waals surface area contributed by atoms with Crippen LogP contribution in [0.25, 0.3) is 0 Å². The van der Waals surface area contributed by atoms with E-state index >= 15 is 0 Å². The van der Waals surface area contributed by atoms with Crippen molar-refractivity contribution in [3.05, 3.63) is 54.6 Å². The third-order valence-electron chi connectivity index (χ3n) is 3.77. The van der Waals surface area contributed by atoms with Gasteiger partial charge in [0.25, 0.3) is 0 Å². The summed E-state index contributed by atoms with van der Waals surface area (Å²) in [5, 5.41) is 0. The van der Waals surface area contributed by atoms with E-state index in [-0.39, 0.29) is 17.9 Å². The van der Waals surface area contributed by atoms with Crippen LogP contribution >= 0.6 is 0 Å². The largest absolute Gasteiger partial charge is 0.305 e. The van der Waals surface area contributed by atoms with Crippen molar-refractivity contribution in [2.45, 2.75) is 32.7 Å². The Morgan fingerprint density at radius 3 is 2.26 bits per heavy atom. The number of hydrogen-bond acceptors (Lipinski definition) is 1. The fraction of sp³-hybridized carbons (Fsp3) is 0.353. The van der Waals surface area contributed by atoms with E-state index in [1.165, 1.54) is 0 Å². The number of rotatable bonds is 3. The van der Waals surface area contributed by atoms with Crippen molar-refractivity contribution in [1.82, 2.24) is 0 Å². The number of amides is 1. The van der Waals surface area contributed by atoms with Crippen molar-refractivity contribution in [2.75, 3.05) is 4.90 Å². The maximum Gasteiger partial charge on any atom is 0.234 e. The quantitative estimate of drug-likeness (QED) is 0.749. The molecule has 0 N–H and O–H groups in total. The van der Waals surface area contributed by atoms with E-state index in [0.29, 0.717) is 0 Å². The second-order valence-corrected chi connectivity index (χ2v) is 5.38. The molecule has 0 saturated carbocycles. The Morgan fingerprint density at radius 2 is 1.74 bits per heavy atom. The third-order valence-corrected chi connectivity index (χ3v) is 3.77. The molecular weight excluding hydrogens is 234 g/mol. The normalized spacial score (nSPS) is 23.3. The molecule has 1 aromatic carbocycles. The molecule has 1 heterocycles. The first kappa shape index (κ1) is 13.6. The summed E-state index contributed by atoms with van der Waals surface area (Å²) in [6.07, 6.45) is 1.82. The average molecular weight is 255 g/mol. The van der Waals surface area contributed by atoms with Gasteiger partial charge < -0.3 is 4.90 Å². The molecule has 2 atom stereocenters. The molecule has 1 aliphatic rings. The summed E-state index contributed by atoms with van der Waals surface area (Å²) in [4.78, 5) is 14.6. The number of carbonyl (C=O) groups excluding carboxylic acids is 1. The summed E-state index contributed by atoms with van der Waals surface area (Å²) in [7, 11) is 0. The molecule has 1 amide bonds. The Morgan fingerprint density at radius 1 is 1.11 bits per heavy atom. The lowest BCUT2D eigenvalue weighted by Gasteiger charge is -2.40. The Labute approximate surface area is 115 Å². The maximum atomic E-state index is 12.7. The molecule has 1 aromatic rings. The van der Waals surface area contributed by atoms with Crippen LogP contribution in [0.1, 0.15) is 26.7 Å². The van der Waals surface area contributed by atoms with Gasteiger partial charge in [-0.1, -0.05) is 42.5 Å². The molecule has 0 bridgehead atoms. The lowest BCUT2D eigenvalue weighted by molar-refractivity contribution is -0.123. The first-order chi connectivity index (χ1) is 9.02. The predicted octanol–water partition coefficient (Wildman–Crippen LogP) is 3.95. The van der Waals surface area contributed by atoms with Crippen LogP contribution in [-0.4, -0.2) is 11.9 Å². The van der Waals surface area contributed by atoms with Crippen LogP contribution in [0.3, 0.4) is 0 Å². The number of hydrogen-bond donors (Lipinski definition) is 0. The zero-order valence-electron chi connectivity index (χ0n) is 11.7. The van der Waals surface area contributed by atoms with Crippen LogP contribution in [0, 0.1) is 5.92 Å². The Balaban J connectivity index is 2.39. The molecule has 0 aromatic heterocycles. The van der Waals surface area contributed by atoms with Crippen LogP contribution in [-0.2, 0) is 4.79 Å². The highest BCUT2D eigenvalue weighted by atomic mass is 16.2. The van der Waals surface area contributed by atoms with Gasteiger partial charge in [0.05, 0.1) is 12.0 Å². The Bertz CT molecular complexity index is 503. The van der Waals surface area contributed by atoms with Gasteiger partial charge in [0.2, 0.25) is 5.91 Å². The van der Waals surface area contributed by atoms with Crippen molar-refractivity contribution in [3.63, 3.8) is 0 Å². The predicted molar refractivity (Wildman–Crippen MR) is 80.1 cm³/mol. The van der Waals surface area contributed by atoms with Gasteiger partial charge in [-0.3, -0.25) is 4.79 Å². The minimum atomic E-state index is -0.0594. The topological polar surface area (TPSA) is 20.3 Å². The van der Waals surface area contributed by atoms with Crippen LogP contribution in [0.4, 0.5) is 5.69 Å². The van der Waals surface area contributed by atoms with E-state index in [2.05, 4.69) is 13.2 Å². The molecule has 1 aliphatic heterocycles. The highest BCUT2D eigenvalue weighted by Crippen LogP contribution is 2.34. The minimum absolute atomic E-state index is 0.0594. The van der Waals surface area contributed by atoms with E-state index in [1.807, 2.05) is 49.1 Å². The van der Waals surface area contributed by atoms with Crippen molar-refractivity contribution < 1.29 is 4.79 Å². The first-order valence-electron chi connectivity index (χ1n) is 6.71. The molecule has 0 spiro atoms. The lowest BCUT2D eigenvalue weighted by atomic mass is 9.85. The number of piperidine rings is 1. The molecule has 100 valence electrons. The molecule has 1 fully saturated rings. The van der Waals surface area contributed by atoms with Crippen LogP contribution in [0.15, 0.2) is 54.6 Å².